The molecular weight excluding hydrogens is 630 g/mol. The van der Waals surface area contributed by atoms with E-state index in [0.717, 1.165) is 32.1 Å². The highest BCUT2D eigenvalue weighted by Crippen LogP contribution is 2.45. The minimum Gasteiger partial charge on any atom is -0.458 e. The Balaban J connectivity index is 1.64. The number of rotatable bonds is 11. The van der Waals surface area contributed by atoms with Crippen LogP contribution >= 0.6 is 0 Å². The van der Waals surface area contributed by atoms with Gasteiger partial charge in [-0.15, -0.1) is 0 Å². The molecule has 4 fully saturated rings. The van der Waals surface area contributed by atoms with Crippen LogP contribution in [0.15, 0.2) is 0 Å². The average molecular weight is 691 g/mol. The number of ether oxygens (including phenoxy) is 2. The fourth-order valence-corrected chi connectivity index (χ4v) is 7.84. The van der Waals surface area contributed by atoms with Crippen LogP contribution in [0, 0.1) is 22.7 Å². The smallest absolute Gasteiger partial charge is 0.379 e. The normalized spacial score (nSPS) is 26.5. The van der Waals surface area contributed by atoms with Crippen molar-refractivity contribution in [2.75, 3.05) is 6.54 Å². The van der Waals surface area contributed by atoms with Gasteiger partial charge in [-0.1, -0.05) is 59.8 Å². The molecule has 0 aromatic heterocycles. The summed E-state index contributed by atoms with van der Waals surface area (Å²) in [5.41, 5.74) is 0.670. The summed E-state index contributed by atoms with van der Waals surface area (Å²) < 4.78 is 12.0. The minimum atomic E-state index is -1.02. The standard InChI is InChI=1S/C36H59N5O8/c1-33(2,3)27(31(46)49-34(4,5)6)40-32(47)39-26(36(9)15-11-10-12-16-36)30(45)41-19-23-21(18-35(7,8)48-23)24(41)29(44)38-22(17-20-13-14-20)25(42)28(37)43/h20-24,26-27H,10-19H2,1-9H3,(H2,37,43)(H,38,44)(H2,39,40,47)/p+1. The molecule has 0 aromatic carbocycles. The SMILES string of the molecule is CC(C)(C)OC(=O)C(NC(=O)NC(C(=O)N1CC2OC(C)(C)CC2C1C(=O)NC(CC1CC1)C(=O)C([NH3+])=O)C1(C)CCCCC1)C(C)(C)C. The van der Waals surface area contributed by atoms with Crippen molar-refractivity contribution in [2.24, 2.45) is 22.7 Å². The van der Waals surface area contributed by atoms with E-state index in [1.807, 2.05) is 41.5 Å². The number of Topliss-reactive ketones (excluding diaryl/α,β-unsaturated/α-hetero) is 1. The van der Waals surface area contributed by atoms with Crippen molar-refractivity contribution in [2.45, 2.75) is 162 Å². The number of hydrogen-bond acceptors (Lipinski definition) is 8. The molecule has 6 atom stereocenters. The van der Waals surface area contributed by atoms with Gasteiger partial charge in [0, 0.05) is 12.5 Å². The number of carbonyl (C=O) groups is 6. The summed E-state index contributed by atoms with van der Waals surface area (Å²) in [5, 5.41) is 8.57. The number of fused-ring (bicyclic) bond motifs is 1. The third-order valence-electron chi connectivity index (χ3n) is 10.5. The summed E-state index contributed by atoms with van der Waals surface area (Å²) in [6, 6.07) is -4.69. The van der Waals surface area contributed by atoms with E-state index >= 15 is 0 Å². The summed E-state index contributed by atoms with van der Waals surface area (Å²) in [6.07, 6.45) is 6.40. The van der Waals surface area contributed by atoms with Gasteiger partial charge in [-0.3, -0.25) is 20.1 Å². The molecule has 6 N–H and O–H groups in total. The summed E-state index contributed by atoms with van der Waals surface area (Å²) in [7, 11) is 0. The molecule has 2 saturated heterocycles. The zero-order valence-corrected chi connectivity index (χ0v) is 31.0. The molecule has 2 aliphatic carbocycles. The molecule has 49 heavy (non-hydrogen) atoms. The number of carbonyl (C=O) groups excluding carboxylic acids is 6. The second-order valence-corrected chi connectivity index (χ2v) is 17.8. The molecule has 0 bridgehead atoms. The maximum absolute atomic E-state index is 14.8. The van der Waals surface area contributed by atoms with Crippen molar-refractivity contribution in [3.05, 3.63) is 0 Å². The molecule has 5 amide bonds. The van der Waals surface area contributed by atoms with E-state index in [1.165, 1.54) is 4.90 Å². The lowest BCUT2D eigenvalue weighted by atomic mass is 9.70. The Labute approximate surface area is 290 Å². The fraction of sp³-hybridized carbons (Fsp3) is 0.833. The molecule has 0 radical (unpaired) electrons. The highest BCUT2D eigenvalue weighted by Gasteiger charge is 2.57. The molecule has 0 aromatic rings. The highest BCUT2D eigenvalue weighted by atomic mass is 16.6. The van der Waals surface area contributed by atoms with Gasteiger partial charge in [0.05, 0.1) is 11.7 Å². The Bertz CT molecular complexity index is 1310. The Kier molecular flexibility index (Phi) is 11.3. The second-order valence-electron chi connectivity index (χ2n) is 17.8. The van der Waals surface area contributed by atoms with Gasteiger partial charge in [-0.2, -0.15) is 0 Å². The third kappa shape index (κ3) is 9.59. The van der Waals surface area contributed by atoms with E-state index in [0.29, 0.717) is 25.7 Å². The molecule has 13 heteroatoms. The zero-order valence-electron chi connectivity index (χ0n) is 31.0. The summed E-state index contributed by atoms with van der Waals surface area (Å²) in [6.45, 7) is 16.8. The minimum absolute atomic E-state index is 0.138. The number of likely N-dealkylation sites (tertiary alicyclic amines) is 1. The molecule has 13 nitrogen and oxygen atoms in total. The number of amides is 5. The van der Waals surface area contributed by atoms with Crippen molar-refractivity contribution in [1.29, 1.82) is 0 Å². The van der Waals surface area contributed by atoms with Gasteiger partial charge in [-0.25, -0.2) is 14.4 Å². The number of quaternary nitrogens is 1. The van der Waals surface area contributed by atoms with E-state index in [1.54, 1.807) is 20.8 Å². The molecule has 2 heterocycles. The van der Waals surface area contributed by atoms with Gasteiger partial charge in [-0.05, 0) is 77.0 Å². The summed E-state index contributed by atoms with van der Waals surface area (Å²) >= 11 is 0. The molecule has 2 saturated carbocycles. The molecular formula is C36H60N5O8+. The van der Waals surface area contributed by atoms with Crippen LogP contribution in [0.1, 0.15) is 120 Å². The molecule has 2 aliphatic heterocycles. The van der Waals surface area contributed by atoms with Crippen molar-refractivity contribution < 1.29 is 44.0 Å². The van der Waals surface area contributed by atoms with Gasteiger partial charge < -0.3 is 30.3 Å². The van der Waals surface area contributed by atoms with Gasteiger partial charge in [0.15, 0.2) is 0 Å². The molecule has 4 rings (SSSR count). The van der Waals surface area contributed by atoms with Crippen molar-refractivity contribution >= 4 is 35.5 Å². The van der Waals surface area contributed by atoms with E-state index in [-0.39, 0.29) is 18.4 Å². The van der Waals surface area contributed by atoms with Crippen LogP contribution in [-0.2, 0) is 33.4 Å². The number of urea groups is 1. The molecule has 276 valence electrons. The lowest BCUT2D eigenvalue weighted by Crippen LogP contribution is -2.66. The van der Waals surface area contributed by atoms with Crippen LogP contribution in [0.5, 0.6) is 0 Å². The largest absolute Gasteiger partial charge is 0.458 e. The van der Waals surface area contributed by atoms with Crippen molar-refractivity contribution in [1.82, 2.24) is 20.9 Å². The predicted octanol–water partition coefficient (Wildman–Crippen LogP) is 2.40. The first-order valence-corrected chi connectivity index (χ1v) is 18.0. The van der Waals surface area contributed by atoms with Crippen LogP contribution < -0.4 is 21.7 Å². The zero-order chi connectivity index (χ0) is 36.7. The van der Waals surface area contributed by atoms with E-state index in [2.05, 4.69) is 21.7 Å². The van der Waals surface area contributed by atoms with Crippen LogP contribution in [0.4, 0.5) is 4.79 Å². The lowest BCUT2D eigenvalue weighted by molar-refractivity contribution is -0.300. The number of ketones is 1. The monoisotopic (exact) mass is 690 g/mol. The lowest BCUT2D eigenvalue weighted by Gasteiger charge is -2.43. The van der Waals surface area contributed by atoms with Crippen LogP contribution in [0.3, 0.4) is 0 Å². The number of nitrogens with one attached hydrogen (secondary N) is 3. The molecule has 0 spiro atoms. The first-order valence-electron chi connectivity index (χ1n) is 18.0. The second kappa shape index (κ2) is 14.3. The van der Waals surface area contributed by atoms with E-state index in [9.17, 15) is 28.8 Å². The number of esters is 1. The predicted molar refractivity (Wildman–Crippen MR) is 180 cm³/mol. The van der Waals surface area contributed by atoms with Gasteiger partial charge in [0.25, 0.3) is 5.78 Å². The Morgan fingerprint density at radius 2 is 1.53 bits per heavy atom. The Morgan fingerprint density at radius 3 is 2.06 bits per heavy atom. The van der Waals surface area contributed by atoms with Crippen LogP contribution in [0.2, 0.25) is 0 Å². The fourth-order valence-electron chi connectivity index (χ4n) is 7.84. The van der Waals surface area contributed by atoms with Gasteiger partial charge in [0.2, 0.25) is 11.8 Å². The number of hydrogen-bond donors (Lipinski definition) is 4. The highest BCUT2D eigenvalue weighted by molar-refractivity contribution is 6.34. The van der Waals surface area contributed by atoms with Gasteiger partial charge in [0.1, 0.15) is 29.8 Å². The number of nitrogens with zero attached hydrogens (tertiary/aromatic N) is 1. The summed E-state index contributed by atoms with van der Waals surface area (Å²) in [4.78, 5) is 82.4. The third-order valence-corrected chi connectivity index (χ3v) is 10.5. The van der Waals surface area contributed by atoms with Crippen molar-refractivity contribution in [3.63, 3.8) is 0 Å². The topological polar surface area (TPSA) is 188 Å². The Morgan fingerprint density at radius 1 is 0.918 bits per heavy atom. The molecule has 4 aliphatic rings. The first kappa shape index (κ1) is 38.7. The van der Waals surface area contributed by atoms with Gasteiger partial charge >= 0.3 is 17.9 Å². The average Bonchev–Trinajstić information content (AvgIpc) is 3.64. The molecule has 6 unspecified atom stereocenters. The van der Waals surface area contributed by atoms with Crippen LogP contribution in [-0.4, -0.2) is 88.4 Å². The first-order chi connectivity index (χ1) is 22.5. The quantitative estimate of drug-likeness (QED) is 0.188. The van der Waals surface area contributed by atoms with Crippen LogP contribution in [0.25, 0.3) is 0 Å². The summed E-state index contributed by atoms with van der Waals surface area (Å²) in [5.74, 6) is -3.24. The van der Waals surface area contributed by atoms with E-state index in [4.69, 9.17) is 9.47 Å². The maximum atomic E-state index is 14.8. The maximum Gasteiger partial charge on any atom is 0.379 e. The van der Waals surface area contributed by atoms with Crippen molar-refractivity contribution in [3.8, 4) is 0 Å². The Hall–Kier alpha value is -3.06. The van der Waals surface area contributed by atoms with E-state index < -0.39 is 87.8 Å².